The highest BCUT2D eigenvalue weighted by Crippen LogP contribution is 2.26. The van der Waals surface area contributed by atoms with Crippen LogP contribution >= 0.6 is 0 Å². The summed E-state index contributed by atoms with van der Waals surface area (Å²) < 4.78 is 20.7. The minimum absolute atomic E-state index is 0.0517. The molecule has 0 spiro atoms. The number of benzene rings is 2. The Morgan fingerprint density at radius 1 is 1.11 bits per heavy atom. The zero-order valence-electron chi connectivity index (χ0n) is 20.9. The van der Waals surface area contributed by atoms with E-state index in [4.69, 9.17) is 4.74 Å². The maximum atomic E-state index is 14.3. The predicted molar refractivity (Wildman–Crippen MR) is 136 cm³/mol. The number of aryl methyl sites for hydroxylation is 1. The number of halogens is 1. The van der Waals surface area contributed by atoms with Gasteiger partial charge in [0.2, 0.25) is 11.8 Å². The fourth-order valence-electron chi connectivity index (χ4n) is 4.77. The minimum Gasteiger partial charge on any atom is -0.465 e. The van der Waals surface area contributed by atoms with Gasteiger partial charge < -0.3 is 19.5 Å². The molecule has 2 aromatic carbocycles. The van der Waals surface area contributed by atoms with E-state index in [0.29, 0.717) is 23.0 Å². The maximum Gasteiger partial charge on any atom is 0.337 e. The van der Waals surface area contributed by atoms with E-state index in [9.17, 15) is 23.6 Å². The second kappa shape index (κ2) is 11.4. The topological polar surface area (TPSA) is 97.7 Å². The van der Waals surface area contributed by atoms with Crippen LogP contribution in [0.3, 0.4) is 0 Å². The second-order valence-corrected chi connectivity index (χ2v) is 9.23. The van der Waals surface area contributed by atoms with Gasteiger partial charge >= 0.3 is 5.97 Å². The molecule has 2 heterocycles. The molecule has 3 aromatic rings. The summed E-state index contributed by atoms with van der Waals surface area (Å²) in [5.41, 5.74) is 2.38. The Balaban J connectivity index is 1.45. The van der Waals surface area contributed by atoms with Gasteiger partial charge in [0.1, 0.15) is 18.8 Å². The Labute approximate surface area is 214 Å². The molecular weight excluding hydrogens is 477 g/mol. The van der Waals surface area contributed by atoms with Gasteiger partial charge in [-0.2, -0.15) is 0 Å². The van der Waals surface area contributed by atoms with Gasteiger partial charge in [-0.1, -0.05) is 30.3 Å². The van der Waals surface area contributed by atoms with Crippen LogP contribution in [0.1, 0.15) is 46.0 Å². The Kier molecular flexibility index (Phi) is 8.01. The fraction of sp³-hybridized carbons (Fsp3) is 0.357. The van der Waals surface area contributed by atoms with Crippen molar-refractivity contribution in [1.82, 2.24) is 14.8 Å². The minimum atomic E-state index is -1.29. The lowest BCUT2D eigenvalue weighted by atomic mass is 10.1. The highest BCUT2D eigenvalue weighted by molar-refractivity contribution is 6.09. The second-order valence-electron chi connectivity index (χ2n) is 9.23. The summed E-state index contributed by atoms with van der Waals surface area (Å²) in [6.07, 6.45) is 1.74. The number of esters is 1. The van der Waals surface area contributed by atoms with E-state index in [-0.39, 0.29) is 36.8 Å². The van der Waals surface area contributed by atoms with Gasteiger partial charge in [-0.05, 0) is 43.5 Å². The molecular formula is C28H30FN3O5. The van der Waals surface area contributed by atoms with Crippen molar-refractivity contribution in [2.45, 2.75) is 44.9 Å². The van der Waals surface area contributed by atoms with Crippen molar-refractivity contribution in [1.29, 1.82) is 0 Å². The summed E-state index contributed by atoms with van der Waals surface area (Å²) in [5, 5.41) is 3.35. The Morgan fingerprint density at radius 2 is 1.86 bits per heavy atom. The summed E-state index contributed by atoms with van der Waals surface area (Å²) in [5.74, 6) is -1.56. The van der Waals surface area contributed by atoms with Gasteiger partial charge in [0.05, 0.1) is 19.2 Å². The predicted octanol–water partition coefficient (Wildman–Crippen LogP) is 3.32. The number of Topliss-reactive ketones (excluding diaryl/α,β-unsaturated/α-hetero) is 1. The largest absolute Gasteiger partial charge is 0.465 e. The average Bonchev–Trinajstić information content (AvgIpc) is 3.47. The van der Waals surface area contributed by atoms with Crippen molar-refractivity contribution in [3.05, 3.63) is 71.4 Å². The smallest absolute Gasteiger partial charge is 0.337 e. The van der Waals surface area contributed by atoms with E-state index in [0.717, 1.165) is 12.8 Å². The third kappa shape index (κ3) is 5.87. The van der Waals surface area contributed by atoms with Crippen LogP contribution in [0.4, 0.5) is 4.39 Å². The molecule has 0 bridgehead atoms. The van der Waals surface area contributed by atoms with E-state index < -0.39 is 24.1 Å². The Bertz CT molecular complexity index is 1320. The van der Waals surface area contributed by atoms with Crippen molar-refractivity contribution in [3.63, 3.8) is 0 Å². The number of carbonyl (C=O) groups is 4. The first-order valence-electron chi connectivity index (χ1n) is 12.3. The van der Waals surface area contributed by atoms with Gasteiger partial charge in [-0.15, -0.1) is 0 Å². The first-order valence-corrected chi connectivity index (χ1v) is 12.3. The number of ketones is 1. The van der Waals surface area contributed by atoms with Gasteiger partial charge in [0, 0.05) is 35.6 Å². The summed E-state index contributed by atoms with van der Waals surface area (Å²) in [4.78, 5) is 51.5. The number of fused-ring (bicyclic) bond motifs is 1. The zero-order chi connectivity index (χ0) is 26.5. The first-order chi connectivity index (χ1) is 17.8. The number of methoxy groups -OCH3 is 1. The highest BCUT2D eigenvalue weighted by atomic mass is 19.1. The lowest BCUT2D eigenvalue weighted by molar-refractivity contribution is -0.138. The quantitative estimate of drug-likeness (QED) is 0.272. The number of alkyl halides is 1. The number of rotatable bonds is 9. The molecule has 9 heteroatoms. The zero-order valence-corrected chi connectivity index (χ0v) is 20.9. The van der Waals surface area contributed by atoms with Crippen LogP contribution < -0.4 is 5.32 Å². The van der Waals surface area contributed by atoms with Gasteiger partial charge in [0.15, 0.2) is 5.78 Å². The molecule has 4 rings (SSSR count). The molecule has 1 fully saturated rings. The van der Waals surface area contributed by atoms with E-state index in [1.165, 1.54) is 24.5 Å². The summed E-state index contributed by atoms with van der Waals surface area (Å²) in [7, 11) is 1.27. The lowest BCUT2D eigenvalue weighted by Gasteiger charge is -2.24. The van der Waals surface area contributed by atoms with E-state index in [2.05, 4.69) is 5.32 Å². The van der Waals surface area contributed by atoms with Crippen LogP contribution in [0.5, 0.6) is 0 Å². The number of nitrogens with zero attached hydrogens (tertiary/aromatic N) is 2. The highest BCUT2D eigenvalue weighted by Gasteiger charge is 2.39. The number of ether oxygens (including phenoxy) is 1. The maximum absolute atomic E-state index is 14.3. The van der Waals surface area contributed by atoms with Gasteiger partial charge in [0.25, 0.3) is 0 Å². The van der Waals surface area contributed by atoms with E-state index >= 15 is 0 Å². The van der Waals surface area contributed by atoms with Gasteiger partial charge in [-0.3, -0.25) is 14.4 Å². The number of hydrogen-bond acceptors (Lipinski definition) is 5. The van der Waals surface area contributed by atoms with Crippen LogP contribution in [0.25, 0.3) is 10.9 Å². The standard InChI is InChI=1S/C28H30FN3O5/c1-18(33)23-16-31(24-11-10-20(13-22(23)24)28(36)37-2)17-26(34)32-15-21(29)14-25(32)27(35)30-12-6-9-19-7-4-3-5-8-19/h3-5,7-8,10-11,13,16,21,25H,6,9,12,14-15,17H2,1-2H3,(H,30,35)/t21-,25+/m1/s1. The SMILES string of the molecule is COC(=O)c1ccc2c(c1)c(C(C)=O)cn2CC(=O)N1C[C@H](F)C[C@H]1C(=O)NCCCc1ccccc1. The number of carbonyl (C=O) groups excluding carboxylic acids is 4. The molecule has 2 atom stereocenters. The molecule has 1 aliphatic heterocycles. The molecule has 194 valence electrons. The Hall–Kier alpha value is -4.01. The third-order valence-electron chi connectivity index (χ3n) is 6.64. The average molecular weight is 508 g/mol. The number of likely N-dealkylation sites (tertiary alicyclic amines) is 1. The van der Waals surface area contributed by atoms with Crippen LogP contribution in [-0.2, 0) is 27.3 Å². The molecule has 8 nitrogen and oxygen atoms in total. The van der Waals surface area contributed by atoms with E-state index in [1.54, 1.807) is 29.0 Å². The molecule has 2 amide bonds. The van der Waals surface area contributed by atoms with E-state index in [1.807, 2.05) is 30.3 Å². The summed E-state index contributed by atoms with van der Waals surface area (Å²) >= 11 is 0. The molecule has 0 saturated carbocycles. The van der Waals surface area contributed by atoms with Crippen molar-refractivity contribution < 1.29 is 28.3 Å². The number of hydrogen-bond donors (Lipinski definition) is 1. The summed E-state index contributed by atoms with van der Waals surface area (Å²) in [6, 6.07) is 13.8. The number of amides is 2. The van der Waals surface area contributed by atoms with Crippen LogP contribution in [0, 0.1) is 0 Å². The molecule has 0 unspecified atom stereocenters. The summed E-state index contributed by atoms with van der Waals surface area (Å²) in [6.45, 7) is 1.49. The van der Waals surface area contributed by atoms with Crippen LogP contribution in [0.2, 0.25) is 0 Å². The Morgan fingerprint density at radius 3 is 2.57 bits per heavy atom. The number of nitrogens with one attached hydrogen (secondary N) is 1. The first kappa shape index (κ1) is 26.1. The molecule has 1 N–H and O–H groups in total. The van der Waals surface area contributed by atoms with Gasteiger partial charge in [-0.25, -0.2) is 9.18 Å². The monoisotopic (exact) mass is 507 g/mol. The normalized spacial score (nSPS) is 17.1. The van der Waals surface area contributed by atoms with Crippen molar-refractivity contribution in [2.24, 2.45) is 0 Å². The van der Waals surface area contributed by atoms with Crippen molar-refractivity contribution in [3.8, 4) is 0 Å². The molecule has 1 aliphatic rings. The van der Waals surface area contributed by atoms with Crippen molar-refractivity contribution in [2.75, 3.05) is 20.2 Å². The molecule has 1 aromatic heterocycles. The molecule has 1 saturated heterocycles. The molecule has 0 aliphatic carbocycles. The lowest BCUT2D eigenvalue weighted by Crippen LogP contribution is -2.47. The fourth-order valence-corrected chi connectivity index (χ4v) is 4.77. The molecule has 0 radical (unpaired) electrons. The number of aromatic nitrogens is 1. The van der Waals surface area contributed by atoms with Crippen molar-refractivity contribution >= 4 is 34.5 Å². The van der Waals surface area contributed by atoms with Crippen LogP contribution in [0.15, 0.2) is 54.7 Å². The van der Waals surface area contributed by atoms with Crippen LogP contribution in [-0.4, -0.2) is 65.4 Å². The third-order valence-corrected chi connectivity index (χ3v) is 6.64. The molecule has 37 heavy (non-hydrogen) atoms.